The summed E-state index contributed by atoms with van der Waals surface area (Å²) >= 11 is 0. The number of hydrogen-bond donors (Lipinski definition) is 0. The van der Waals surface area contributed by atoms with Gasteiger partial charge in [-0.1, -0.05) is 25.1 Å². The summed E-state index contributed by atoms with van der Waals surface area (Å²) in [5.74, 6) is 0.0776. The predicted octanol–water partition coefficient (Wildman–Crippen LogP) is 3.11. The average Bonchev–Trinajstić information content (AvgIpc) is 3.38. The van der Waals surface area contributed by atoms with E-state index in [0.29, 0.717) is 11.6 Å². The largest absolute Gasteiger partial charge is 0.336 e. The van der Waals surface area contributed by atoms with Crippen LogP contribution < -0.4 is 0 Å². The SMILES string of the molecule is CCc1c(C(=O)N2CCC[C@H](n3ccnc3)C2)cnn1-c1ccccc1. The summed E-state index contributed by atoms with van der Waals surface area (Å²) in [6.07, 6.45) is 10.2. The van der Waals surface area contributed by atoms with E-state index in [1.54, 1.807) is 12.4 Å². The van der Waals surface area contributed by atoms with Crippen LogP contribution in [-0.2, 0) is 6.42 Å². The van der Waals surface area contributed by atoms with Gasteiger partial charge in [-0.15, -0.1) is 0 Å². The van der Waals surface area contributed by atoms with Gasteiger partial charge >= 0.3 is 0 Å². The van der Waals surface area contributed by atoms with E-state index in [0.717, 1.165) is 43.7 Å². The Morgan fingerprint density at radius 2 is 2.12 bits per heavy atom. The molecule has 1 aliphatic rings. The highest BCUT2D eigenvalue weighted by Gasteiger charge is 2.28. The molecular weight excluding hydrogens is 326 g/mol. The maximum atomic E-state index is 13.2. The van der Waals surface area contributed by atoms with E-state index in [4.69, 9.17) is 0 Å². The van der Waals surface area contributed by atoms with Crippen LogP contribution in [0.5, 0.6) is 0 Å². The van der Waals surface area contributed by atoms with E-state index in [2.05, 4.69) is 21.6 Å². The number of carbonyl (C=O) groups is 1. The van der Waals surface area contributed by atoms with Gasteiger partial charge in [-0.25, -0.2) is 9.67 Å². The smallest absolute Gasteiger partial charge is 0.257 e. The van der Waals surface area contributed by atoms with Gasteiger partial charge in [0.05, 0.1) is 35.5 Å². The lowest BCUT2D eigenvalue weighted by Gasteiger charge is -2.33. The molecule has 0 radical (unpaired) electrons. The molecule has 1 fully saturated rings. The van der Waals surface area contributed by atoms with Crippen LogP contribution in [0.2, 0.25) is 0 Å². The third kappa shape index (κ3) is 3.03. The Morgan fingerprint density at radius 3 is 2.85 bits per heavy atom. The third-order valence-corrected chi connectivity index (χ3v) is 5.07. The van der Waals surface area contributed by atoms with Crippen molar-refractivity contribution in [2.75, 3.05) is 13.1 Å². The molecule has 134 valence electrons. The first-order valence-electron chi connectivity index (χ1n) is 9.17. The van der Waals surface area contributed by atoms with Crippen molar-refractivity contribution in [1.82, 2.24) is 24.2 Å². The highest BCUT2D eigenvalue weighted by atomic mass is 16.2. The normalized spacial score (nSPS) is 17.4. The number of para-hydroxylation sites is 1. The summed E-state index contributed by atoms with van der Waals surface area (Å²) < 4.78 is 3.98. The van der Waals surface area contributed by atoms with Gasteiger partial charge in [-0.3, -0.25) is 4.79 Å². The highest BCUT2D eigenvalue weighted by Crippen LogP contribution is 2.24. The number of hydrogen-bond acceptors (Lipinski definition) is 3. The second kappa shape index (κ2) is 7.15. The Kier molecular flexibility index (Phi) is 4.56. The summed E-state index contributed by atoms with van der Waals surface area (Å²) in [6.45, 7) is 3.58. The molecule has 0 saturated carbocycles. The Bertz CT molecular complexity index is 869. The minimum atomic E-state index is 0.0776. The van der Waals surface area contributed by atoms with E-state index in [1.807, 2.05) is 52.4 Å². The van der Waals surface area contributed by atoms with Gasteiger partial charge in [-0.05, 0) is 31.4 Å². The van der Waals surface area contributed by atoms with E-state index in [1.165, 1.54) is 0 Å². The fourth-order valence-electron chi connectivity index (χ4n) is 3.72. The number of nitrogens with zero attached hydrogens (tertiary/aromatic N) is 5. The van der Waals surface area contributed by atoms with Crippen molar-refractivity contribution in [1.29, 1.82) is 0 Å². The van der Waals surface area contributed by atoms with E-state index in [-0.39, 0.29) is 5.91 Å². The zero-order valence-electron chi connectivity index (χ0n) is 15.0. The van der Waals surface area contributed by atoms with Gasteiger partial charge in [0.15, 0.2) is 0 Å². The van der Waals surface area contributed by atoms with Crippen LogP contribution in [-0.4, -0.2) is 43.2 Å². The molecule has 0 N–H and O–H groups in total. The summed E-state index contributed by atoms with van der Waals surface area (Å²) in [7, 11) is 0. The Balaban J connectivity index is 1.59. The molecule has 1 saturated heterocycles. The molecule has 1 aromatic carbocycles. The monoisotopic (exact) mass is 349 g/mol. The molecule has 2 aromatic heterocycles. The standard InChI is InChI=1S/C20H23N5O/c1-2-19-18(13-22-25(19)16-7-4-3-5-8-16)20(26)23-11-6-9-17(14-23)24-12-10-21-15-24/h3-5,7-8,10,12-13,15,17H,2,6,9,11,14H2,1H3/t17-/m0/s1. The van der Waals surface area contributed by atoms with Crippen molar-refractivity contribution in [2.45, 2.75) is 32.2 Å². The van der Waals surface area contributed by atoms with Crippen molar-refractivity contribution in [3.05, 3.63) is 66.5 Å². The highest BCUT2D eigenvalue weighted by molar-refractivity contribution is 5.95. The number of imidazole rings is 1. The molecule has 6 heteroatoms. The Labute approximate surface area is 153 Å². The maximum Gasteiger partial charge on any atom is 0.257 e. The van der Waals surface area contributed by atoms with Gasteiger partial charge in [0.2, 0.25) is 0 Å². The first kappa shape index (κ1) is 16.6. The van der Waals surface area contributed by atoms with Crippen LogP contribution in [0.25, 0.3) is 5.69 Å². The molecule has 3 aromatic rings. The molecule has 4 rings (SSSR count). The number of likely N-dealkylation sites (tertiary alicyclic amines) is 1. The minimum absolute atomic E-state index is 0.0776. The van der Waals surface area contributed by atoms with Crippen LogP contribution in [0.1, 0.15) is 41.9 Å². The third-order valence-electron chi connectivity index (χ3n) is 5.07. The zero-order chi connectivity index (χ0) is 17.9. The second-order valence-corrected chi connectivity index (χ2v) is 6.66. The summed E-state index contributed by atoms with van der Waals surface area (Å²) in [4.78, 5) is 19.3. The van der Waals surface area contributed by atoms with Gasteiger partial charge in [-0.2, -0.15) is 5.10 Å². The number of rotatable bonds is 4. The van der Waals surface area contributed by atoms with Crippen molar-refractivity contribution >= 4 is 5.91 Å². The van der Waals surface area contributed by atoms with Crippen LogP contribution >= 0.6 is 0 Å². The Hall–Kier alpha value is -2.89. The van der Waals surface area contributed by atoms with Crippen molar-refractivity contribution in [3.8, 4) is 5.69 Å². The summed E-state index contributed by atoms with van der Waals surface area (Å²) in [6, 6.07) is 10.3. The quantitative estimate of drug-likeness (QED) is 0.727. The van der Waals surface area contributed by atoms with Crippen LogP contribution in [0.4, 0.5) is 0 Å². The first-order valence-corrected chi connectivity index (χ1v) is 9.17. The number of amides is 1. The topological polar surface area (TPSA) is 56.0 Å². The lowest BCUT2D eigenvalue weighted by atomic mass is 10.0. The molecule has 0 unspecified atom stereocenters. The predicted molar refractivity (Wildman–Crippen MR) is 99.3 cm³/mol. The molecule has 26 heavy (non-hydrogen) atoms. The number of carbonyl (C=O) groups excluding carboxylic acids is 1. The first-order chi connectivity index (χ1) is 12.8. The average molecular weight is 349 g/mol. The lowest BCUT2D eigenvalue weighted by molar-refractivity contribution is 0.0678. The van der Waals surface area contributed by atoms with Gasteiger partial charge in [0, 0.05) is 25.5 Å². The maximum absolute atomic E-state index is 13.2. The zero-order valence-corrected chi connectivity index (χ0v) is 15.0. The molecule has 3 heterocycles. The second-order valence-electron chi connectivity index (χ2n) is 6.66. The van der Waals surface area contributed by atoms with Gasteiger partial charge < -0.3 is 9.47 Å². The molecule has 0 bridgehead atoms. The molecular formula is C20H23N5O. The fraction of sp³-hybridized carbons (Fsp3) is 0.350. The van der Waals surface area contributed by atoms with Crippen molar-refractivity contribution < 1.29 is 4.79 Å². The molecule has 0 aliphatic carbocycles. The van der Waals surface area contributed by atoms with E-state index < -0.39 is 0 Å². The van der Waals surface area contributed by atoms with Crippen molar-refractivity contribution in [2.24, 2.45) is 0 Å². The van der Waals surface area contributed by atoms with Crippen LogP contribution in [0, 0.1) is 0 Å². The van der Waals surface area contributed by atoms with Crippen LogP contribution in [0.15, 0.2) is 55.2 Å². The lowest BCUT2D eigenvalue weighted by Crippen LogP contribution is -2.40. The molecule has 1 amide bonds. The minimum Gasteiger partial charge on any atom is -0.336 e. The number of piperidine rings is 1. The van der Waals surface area contributed by atoms with E-state index in [9.17, 15) is 4.79 Å². The number of aromatic nitrogens is 4. The van der Waals surface area contributed by atoms with Crippen LogP contribution in [0.3, 0.4) is 0 Å². The molecule has 6 nitrogen and oxygen atoms in total. The fourth-order valence-corrected chi connectivity index (χ4v) is 3.72. The Morgan fingerprint density at radius 1 is 1.27 bits per heavy atom. The molecule has 1 aliphatic heterocycles. The molecule has 1 atom stereocenters. The molecule has 0 spiro atoms. The van der Waals surface area contributed by atoms with Gasteiger partial charge in [0.25, 0.3) is 5.91 Å². The summed E-state index contributed by atoms with van der Waals surface area (Å²) in [5, 5.41) is 4.50. The summed E-state index contributed by atoms with van der Waals surface area (Å²) in [5.41, 5.74) is 2.66. The van der Waals surface area contributed by atoms with Crippen molar-refractivity contribution in [3.63, 3.8) is 0 Å². The number of benzene rings is 1. The van der Waals surface area contributed by atoms with E-state index >= 15 is 0 Å². The van der Waals surface area contributed by atoms with Gasteiger partial charge in [0.1, 0.15) is 0 Å².